The van der Waals surface area contributed by atoms with Crippen molar-refractivity contribution in [2.45, 2.75) is 6.92 Å². The molecule has 3 N–H and O–H groups in total. The van der Waals surface area contributed by atoms with Crippen LogP contribution in [0.4, 0.5) is 5.69 Å². The number of nitrogen functional groups attached to an aromatic ring is 1. The summed E-state index contributed by atoms with van der Waals surface area (Å²) in [7, 11) is 0. The Labute approximate surface area is 107 Å². The van der Waals surface area contributed by atoms with E-state index in [-0.39, 0.29) is 5.71 Å². The van der Waals surface area contributed by atoms with Gasteiger partial charge in [0.25, 0.3) is 0 Å². The summed E-state index contributed by atoms with van der Waals surface area (Å²) in [6.45, 7) is 5.57. The maximum absolute atomic E-state index is 10.7. The summed E-state index contributed by atoms with van der Waals surface area (Å²) in [5, 5.41) is 8.11. The van der Waals surface area contributed by atoms with Crippen molar-refractivity contribution in [2.75, 3.05) is 5.73 Å². The van der Waals surface area contributed by atoms with Gasteiger partial charge in [-0.25, -0.2) is 0 Å². The van der Waals surface area contributed by atoms with Crippen LogP contribution in [-0.2, 0) is 0 Å². The average molecular weight is 240 g/mol. The molecular weight excluding hydrogens is 224 g/mol. The predicted molar refractivity (Wildman–Crippen MR) is 76.2 cm³/mol. The standard InChI is InChI=1S/C15H16N2O/c1-3-5-6-12(4-2)15(17)13-9-11(10-18)7-8-14(13)16/h3-10,17H,2,16H2,1H3/b5-3-,12-6+,17-15?. The van der Waals surface area contributed by atoms with Crippen molar-refractivity contribution in [3.8, 4) is 0 Å². The van der Waals surface area contributed by atoms with Crippen molar-refractivity contribution < 1.29 is 4.79 Å². The molecule has 0 fully saturated rings. The highest BCUT2D eigenvalue weighted by Crippen LogP contribution is 2.18. The minimum absolute atomic E-state index is 0.254. The number of aldehydes is 1. The highest BCUT2D eigenvalue weighted by Gasteiger charge is 2.09. The lowest BCUT2D eigenvalue weighted by atomic mass is 9.98. The molecule has 0 aromatic heterocycles. The topological polar surface area (TPSA) is 66.9 Å². The largest absolute Gasteiger partial charge is 0.398 e. The van der Waals surface area contributed by atoms with Gasteiger partial charge in [0.15, 0.2) is 0 Å². The SMILES string of the molecule is C=C/C(=C\C=C/C)C(=N)c1cc(C=O)ccc1N. The molecule has 0 aliphatic heterocycles. The average Bonchev–Trinajstić information content (AvgIpc) is 2.40. The van der Waals surface area contributed by atoms with Gasteiger partial charge >= 0.3 is 0 Å². The number of carbonyl (C=O) groups excluding carboxylic acids is 1. The van der Waals surface area contributed by atoms with Gasteiger partial charge in [-0.05, 0) is 30.7 Å². The number of carbonyl (C=O) groups is 1. The normalized spacial score (nSPS) is 11.5. The number of rotatable bonds is 5. The predicted octanol–water partition coefficient (Wildman–Crippen LogP) is 3.14. The second kappa shape index (κ2) is 6.35. The molecule has 18 heavy (non-hydrogen) atoms. The number of anilines is 1. The smallest absolute Gasteiger partial charge is 0.150 e. The Morgan fingerprint density at radius 3 is 2.72 bits per heavy atom. The number of hydrogen-bond donors (Lipinski definition) is 2. The Hall–Kier alpha value is -2.42. The molecule has 1 rings (SSSR count). The molecule has 1 aromatic rings. The van der Waals surface area contributed by atoms with Gasteiger partial charge in [-0.3, -0.25) is 10.2 Å². The third kappa shape index (κ3) is 3.04. The van der Waals surface area contributed by atoms with E-state index in [2.05, 4.69) is 6.58 Å². The highest BCUT2D eigenvalue weighted by molar-refractivity contribution is 6.15. The van der Waals surface area contributed by atoms with Crippen LogP contribution in [0.1, 0.15) is 22.8 Å². The van der Waals surface area contributed by atoms with Crippen molar-refractivity contribution in [1.82, 2.24) is 0 Å². The van der Waals surface area contributed by atoms with Crippen LogP contribution in [0.2, 0.25) is 0 Å². The zero-order valence-electron chi connectivity index (χ0n) is 10.3. The van der Waals surface area contributed by atoms with Crippen LogP contribution in [0.3, 0.4) is 0 Å². The second-order valence-electron chi connectivity index (χ2n) is 3.69. The zero-order valence-corrected chi connectivity index (χ0v) is 10.3. The third-order valence-corrected chi connectivity index (χ3v) is 2.46. The quantitative estimate of drug-likeness (QED) is 0.359. The Balaban J connectivity index is 3.24. The molecule has 0 unspecified atom stereocenters. The highest BCUT2D eigenvalue weighted by atomic mass is 16.1. The molecule has 0 spiro atoms. The van der Waals surface area contributed by atoms with Crippen LogP contribution >= 0.6 is 0 Å². The first kappa shape index (κ1) is 13.6. The summed E-state index contributed by atoms with van der Waals surface area (Å²) in [6, 6.07) is 4.87. The fourth-order valence-corrected chi connectivity index (χ4v) is 1.47. The van der Waals surface area contributed by atoms with Gasteiger partial charge in [0.05, 0.1) is 5.71 Å². The van der Waals surface area contributed by atoms with Crippen LogP contribution < -0.4 is 5.73 Å². The third-order valence-electron chi connectivity index (χ3n) is 2.46. The molecule has 0 bridgehead atoms. The number of hydrogen-bond acceptors (Lipinski definition) is 3. The van der Waals surface area contributed by atoms with Gasteiger partial charge in [-0.2, -0.15) is 0 Å². The summed E-state index contributed by atoms with van der Waals surface area (Å²) in [5.74, 6) is 0. The minimum atomic E-state index is 0.254. The van der Waals surface area contributed by atoms with Crippen molar-refractivity contribution >= 4 is 17.7 Å². The Morgan fingerprint density at radius 1 is 1.44 bits per heavy atom. The van der Waals surface area contributed by atoms with Crippen molar-refractivity contribution in [1.29, 1.82) is 5.41 Å². The van der Waals surface area contributed by atoms with E-state index in [4.69, 9.17) is 11.1 Å². The lowest BCUT2D eigenvalue weighted by Crippen LogP contribution is -2.06. The lowest BCUT2D eigenvalue weighted by Gasteiger charge is -2.08. The molecule has 0 aliphatic rings. The number of nitrogens with two attached hydrogens (primary N) is 1. The molecule has 92 valence electrons. The zero-order chi connectivity index (χ0) is 13.5. The van der Waals surface area contributed by atoms with E-state index in [9.17, 15) is 4.79 Å². The van der Waals surface area contributed by atoms with Crippen molar-refractivity contribution in [3.63, 3.8) is 0 Å². The van der Waals surface area contributed by atoms with Gasteiger partial charge < -0.3 is 5.73 Å². The van der Waals surface area contributed by atoms with E-state index in [0.29, 0.717) is 22.4 Å². The Morgan fingerprint density at radius 2 is 2.17 bits per heavy atom. The van der Waals surface area contributed by atoms with Crippen molar-refractivity contribution in [3.05, 3.63) is 65.8 Å². The van der Waals surface area contributed by atoms with Gasteiger partial charge in [-0.15, -0.1) is 0 Å². The fraction of sp³-hybridized carbons (Fsp3) is 0.0667. The number of nitrogens with one attached hydrogen (secondary N) is 1. The minimum Gasteiger partial charge on any atom is -0.398 e. The van der Waals surface area contributed by atoms with E-state index in [0.717, 1.165) is 6.29 Å². The molecule has 1 aromatic carbocycles. The molecule has 0 saturated heterocycles. The summed E-state index contributed by atoms with van der Waals surface area (Å²) in [6.07, 6.45) is 7.80. The molecule has 3 nitrogen and oxygen atoms in total. The van der Waals surface area contributed by atoms with Gasteiger partial charge in [0.1, 0.15) is 6.29 Å². The Bertz CT molecular complexity index is 539. The van der Waals surface area contributed by atoms with E-state index in [1.807, 2.05) is 19.1 Å². The summed E-state index contributed by atoms with van der Waals surface area (Å²) in [4.78, 5) is 10.7. The first-order valence-corrected chi connectivity index (χ1v) is 5.53. The molecule has 0 radical (unpaired) electrons. The second-order valence-corrected chi connectivity index (χ2v) is 3.69. The Kier molecular flexibility index (Phi) is 4.81. The first-order valence-electron chi connectivity index (χ1n) is 5.53. The van der Waals surface area contributed by atoms with E-state index < -0.39 is 0 Å². The first-order chi connectivity index (χ1) is 8.63. The van der Waals surface area contributed by atoms with Gasteiger partial charge in [0, 0.05) is 16.8 Å². The van der Waals surface area contributed by atoms with Gasteiger partial charge in [0.2, 0.25) is 0 Å². The molecule has 0 aliphatic carbocycles. The monoisotopic (exact) mass is 240 g/mol. The molecule has 0 atom stereocenters. The summed E-state index contributed by atoms with van der Waals surface area (Å²) < 4.78 is 0. The van der Waals surface area contributed by atoms with Crippen LogP contribution in [-0.4, -0.2) is 12.0 Å². The maximum Gasteiger partial charge on any atom is 0.150 e. The van der Waals surface area contributed by atoms with E-state index in [1.54, 1.807) is 30.4 Å². The molecular formula is C15H16N2O. The lowest BCUT2D eigenvalue weighted by molar-refractivity contribution is 0.112. The maximum atomic E-state index is 10.7. The van der Waals surface area contributed by atoms with Crippen LogP contribution in [0, 0.1) is 5.41 Å². The van der Waals surface area contributed by atoms with E-state index >= 15 is 0 Å². The number of allylic oxidation sites excluding steroid dienone is 5. The molecule has 0 amide bonds. The van der Waals surface area contributed by atoms with E-state index in [1.165, 1.54) is 0 Å². The van der Waals surface area contributed by atoms with Crippen LogP contribution in [0.5, 0.6) is 0 Å². The summed E-state index contributed by atoms with van der Waals surface area (Å²) >= 11 is 0. The molecule has 3 heteroatoms. The van der Waals surface area contributed by atoms with Crippen LogP contribution in [0.25, 0.3) is 0 Å². The molecule has 0 saturated carbocycles. The molecule has 0 heterocycles. The summed E-state index contributed by atoms with van der Waals surface area (Å²) in [5.41, 5.74) is 8.25. The van der Waals surface area contributed by atoms with Gasteiger partial charge in [-0.1, -0.05) is 30.9 Å². The number of benzene rings is 1. The fourth-order valence-electron chi connectivity index (χ4n) is 1.47. The van der Waals surface area contributed by atoms with Crippen molar-refractivity contribution in [2.24, 2.45) is 0 Å². The van der Waals surface area contributed by atoms with Crippen LogP contribution in [0.15, 0.2) is 54.7 Å².